The van der Waals surface area contributed by atoms with E-state index in [-0.39, 0.29) is 0 Å². The zero-order chi connectivity index (χ0) is 10.4. The maximum absolute atomic E-state index is 3.32. The van der Waals surface area contributed by atoms with Gasteiger partial charge in [0.1, 0.15) is 0 Å². The van der Waals surface area contributed by atoms with Gasteiger partial charge in [-0.3, -0.25) is 0 Å². The fourth-order valence-corrected chi connectivity index (χ4v) is 3.77. The van der Waals surface area contributed by atoms with Crippen LogP contribution in [0.1, 0.15) is 46.0 Å². The van der Waals surface area contributed by atoms with Crippen molar-refractivity contribution in [2.75, 3.05) is 13.6 Å². The van der Waals surface area contributed by atoms with E-state index < -0.39 is 0 Å². The number of hydrogen-bond acceptors (Lipinski definition) is 2. The van der Waals surface area contributed by atoms with Gasteiger partial charge in [0.15, 0.2) is 0 Å². The van der Waals surface area contributed by atoms with Crippen LogP contribution >= 0.6 is 11.8 Å². The Balaban J connectivity index is 2.29. The zero-order valence-corrected chi connectivity index (χ0v) is 10.7. The summed E-state index contributed by atoms with van der Waals surface area (Å²) in [5, 5.41) is 5.07. The van der Waals surface area contributed by atoms with Crippen molar-refractivity contribution >= 4 is 11.8 Å². The Morgan fingerprint density at radius 1 is 1.21 bits per heavy atom. The van der Waals surface area contributed by atoms with Crippen LogP contribution in [0, 0.1) is 5.92 Å². The van der Waals surface area contributed by atoms with Crippen molar-refractivity contribution in [3.05, 3.63) is 0 Å². The molecule has 0 spiro atoms. The van der Waals surface area contributed by atoms with E-state index in [1.807, 2.05) is 0 Å². The highest BCUT2D eigenvalue weighted by Crippen LogP contribution is 2.33. The Morgan fingerprint density at radius 2 is 1.86 bits per heavy atom. The average Bonchev–Trinajstić information content (AvgIpc) is 2.18. The monoisotopic (exact) mass is 215 g/mol. The molecule has 1 N–H and O–H groups in total. The number of rotatable bonds is 5. The lowest BCUT2D eigenvalue weighted by molar-refractivity contribution is 0.508. The fourth-order valence-electron chi connectivity index (χ4n) is 2.09. The standard InChI is InChI=1S/C12H25NS/c1-10(2)12(9-13-3)14-11-7-5-4-6-8-11/h10-13H,4-9H2,1-3H3. The molecule has 1 aliphatic rings. The second-order valence-corrected chi connectivity index (χ2v) is 6.28. The number of thioether (sulfide) groups is 1. The minimum atomic E-state index is 0.800. The van der Waals surface area contributed by atoms with Crippen molar-refractivity contribution < 1.29 is 0 Å². The molecule has 0 amide bonds. The molecule has 0 heterocycles. The Hall–Kier alpha value is 0.310. The van der Waals surface area contributed by atoms with E-state index in [4.69, 9.17) is 0 Å². The Bertz CT molecular complexity index is 141. The molecule has 1 saturated carbocycles. The SMILES string of the molecule is CNCC(SC1CCCCC1)C(C)C. The van der Waals surface area contributed by atoms with Crippen LogP contribution in [0.15, 0.2) is 0 Å². The lowest BCUT2D eigenvalue weighted by Gasteiger charge is -2.28. The van der Waals surface area contributed by atoms with Gasteiger partial charge in [0, 0.05) is 17.0 Å². The van der Waals surface area contributed by atoms with Crippen LogP contribution in [-0.2, 0) is 0 Å². The van der Waals surface area contributed by atoms with Gasteiger partial charge in [-0.15, -0.1) is 0 Å². The average molecular weight is 215 g/mol. The lowest BCUT2D eigenvalue weighted by Crippen LogP contribution is -2.28. The van der Waals surface area contributed by atoms with Crippen LogP contribution in [0.3, 0.4) is 0 Å². The summed E-state index contributed by atoms with van der Waals surface area (Å²) in [6, 6.07) is 0. The molecular formula is C12H25NS. The molecule has 1 fully saturated rings. The first kappa shape index (κ1) is 12.4. The maximum atomic E-state index is 3.32. The van der Waals surface area contributed by atoms with E-state index >= 15 is 0 Å². The fraction of sp³-hybridized carbons (Fsp3) is 1.00. The van der Waals surface area contributed by atoms with E-state index in [0.717, 1.165) is 16.4 Å². The highest BCUT2D eigenvalue weighted by atomic mass is 32.2. The van der Waals surface area contributed by atoms with Gasteiger partial charge in [-0.1, -0.05) is 33.1 Å². The van der Waals surface area contributed by atoms with E-state index in [0.29, 0.717) is 0 Å². The van der Waals surface area contributed by atoms with E-state index in [2.05, 4.69) is 38.0 Å². The Labute approximate surface area is 93.4 Å². The predicted octanol–water partition coefficient (Wildman–Crippen LogP) is 3.30. The largest absolute Gasteiger partial charge is 0.319 e. The van der Waals surface area contributed by atoms with Gasteiger partial charge in [-0.2, -0.15) is 11.8 Å². The van der Waals surface area contributed by atoms with Gasteiger partial charge in [0.25, 0.3) is 0 Å². The first-order valence-corrected chi connectivity index (χ1v) is 6.98. The van der Waals surface area contributed by atoms with Crippen LogP contribution in [0.2, 0.25) is 0 Å². The minimum absolute atomic E-state index is 0.800. The third-order valence-electron chi connectivity index (χ3n) is 3.07. The van der Waals surface area contributed by atoms with Crippen molar-refractivity contribution in [3.8, 4) is 0 Å². The van der Waals surface area contributed by atoms with E-state index in [1.165, 1.54) is 38.6 Å². The molecule has 1 rings (SSSR count). The van der Waals surface area contributed by atoms with Crippen LogP contribution in [-0.4, -0.2) is 24.1 Å². The molecule has 0 aliphatic heterocycles. The molecule has 1 nitrogen and oxygen atoms in total. The smallest absolute Gasteiger partial charge is 0.0198 e. The summed E-state index contributed by atoms with van der Waals surface area (Å²) < 4.78 is 0. The minimum Gasteiger partial charge on any atom is -0.319 e. The summed E-state index contributed by atoms with van der Waals surface area (Å²) in [4.78, 5) is 0. The van der Waals surface area contributed by atoms with Crippen molar-refractivity contribution in [1.82, 2.24) is 5.32 Å². The van der Waals surface area contributed by atoms with Gasteiger partial charge in [0.2, 0.25) is 0 Å². The topological polar surface area (TPSA) is 12.0 Å². The van der Waals surface area contributed by atoms with Crippen LogP contribution in [0.25, 0.3) is 0 Å². The summed E-state index contributed by atoms with van der Waals surface area (Å²) in [5.41, 5.74) is 0. The van der Waals surface area contributed by atoms with Gasteiger partial charge in [-0.25, -0.2) is 0 Å². The molecule has 0 saturated heterocycles. The summed E-state index contributed by atoms with van der Waals surface area (Å²) in [6.07, 6.45) is 7.30. The van der Waals surface area contributed by atoms with Gasteiger partial charge >= 0.3 is 0 Å². The molecule has 84 valence electrons. The first-order chi connectivity index (χ1) is 6.74. The van der Waals surface area contributed by atoms with Crippen molar-refractivity contribution in [2.45, 2.75) is 56.5 Å². The highest BCUT2D eigenvalue weighted by Gasteiger charge is 2.20. The Morgan fingerprint density at radius 3 is 2.36 bits per heavy atom. The third kappa shape index (κ3) is 4.22. The molecule has 1 atom stereocenters. The molecular weight excluding hydrogens is 190 g/mol. The lowest BCUT2D eigenvalue weighted by atomic mass is 10.0. The molecule has 1 aliphatic carbocycles. The number of hydrogen-bond donors (Lipinski definition) is 1. The molecule has 2 heteroatoms. The molecule has 0 aromatic rings. The number of nitrogens with one attached hydrogen (secondary N) is 1. The van der Waals surface area contributed by atoms with Crippen molar-refractivity contribution in [2.24, 2.45) is 5.92 Å². The zero-order valence-electron chi connectivity index (χ0n) is 9.88. The summed E-state index contributed by atoms with van der Waals surface area (Å²) in [5.74, 6) is 0.800. The normalized spacial score (nSPS) is 21.4. The van der Waals surface area contributed by atoms with Crippen LogP contribution in [0.4, 0.5) is 0 Å². The van der Waals surface area contributed by atoms with Crippen molar-refractivity contribution in [1.29, 1.82) is 0 Å². The van der Waals surface area contributed by atoms with Gasteiger partial charge < -0.3 is 5.32 Å². The molecule has 0 aromatic heterocycles. The summed E-state index contributed by atoms with van der Waals surface area (Å²) in [7, 11) is 2.07. The van der Waals surface area contributed by atoms with E-state index in [9.17, 15) is 0 Å². The molecule has 0 aromatic carbocycles. The Kier molecular flexibility index (Phi) is 5.95. The van der Waals surface area contributed by atoms with Gasteiger partial charge in [-0.05, 0) is 25.8 Å². The molecule has 1 unspecified atom stereocenters. The predicted molar refractivity (Wildman–Crippen MR) is 67.0 cm³/mol. The molecule has 0 radical (unpaired) electrons. The maximum Gasteiger partial charge on any atom is 0.0198 e. The molecule has 14 heavy (non-hydrogen) atoms. The quantitative estimate of drug-likeness (QED) is 0.755. The summed E-state index contributed by atoms with van der Waals surface area (Å²) in [6.45, 7) is 5.86. The third-order valence-corrected chi connectivity index (χ3v) is 4.99. The highest BCUT2D eigenvalue weighted by molar-refractivity contribution is 8.00. The first-order valence-electron chi connectivity index (χ1n) is 6.04. The second-order valence-electron chi connectivity index (χ2n) is 4.74. The van der Waals surface area contributed by atoms with E-state index in [1.54, 1.807) is 0 Å². The van der Waals surface area contributed by atoms with Crippen molar-refractivity contribution in [3.63, 3.8) is 0 Å². The molecule has 0 bridgehead atoms. The second kappa shape index (κ2) is 6.73. The van der Waals surface area contributed by atoms with Crippen LogP contribution < -0.4 is 5.32 Å². The van der Waals surface area contributed by atoms with Crippen LogP contribution in [0.5, 0.6) is 0 Å². The summed E-state index contributed by atoms with van der Waals surface area (Å²) >= 11 is 2.24. The van der Waals surface area contributed by atoms with Gasteiger partial charge in [0.05, 0.1) is 0 Å².